The number of nitrogens with zero attached hydrogens (tertiary/aromatic N) is 1. The fraction of sp³-hybridized carbons (Fsp3) is 0.727. The van der Waals surface area contributed by atoms with Gasteiger partial charge in [0.2, 0.25) is 0 Å². The fourth-order valence-electron chi connectivity index (χ4n) is 2.54. The highest BCUT2D eigenvalue weighted by atomic mass is 127. The number of rotatable bonds is 1. The lowest BCUT2D eigenvalue weighted by atomic mass is 9.86. The van der Waals surface area contributed by atoms with Crippen molar-refractivity contribution >= 4 is 28.6 Å². The van der Waals surface area contributed by atoms with Crippen molar-refractivity contribution in [2.45, 2.75) is 25.0 Å². The van der Waals surface area contributed by atoms with E-state index in [1.54, 1.807) is 0 Å². The highest BCUT2D eigenvalue weighted by molar-refractivity contribution is 14.1. The van der Waals surface area contributed by atoms with Crippen molar-refractivity contribution < 1.29 is 9.53 Å². The minimum atomic E-state index is -0.212. The van der Waals surface area contributed by atoms with E-state index in [2.05, 4.69) is 46.7 Å². The van der Waals surface area contributed by atoms with Crippen LogP contribution >= 0.6 is 22.6 Å². The summed E-state index contributed by atoms with van der Waals surface area (Å²) < 4.78 is 6.39. The smallest absolute Gasteiger partial charge is 0.318 e. The second kappa shape index (κ2) is 5.01. The maximum atomic E-state index is 11.8. The van der Waals surface area contributed by atoms with Gasteiger partial charge in [0.25, 0.3) is 0 Å². The quantitative estimate of drug-likeness (QED) is 0.422. The van der Waals surface area contributed by atoms with Crippen molar-refractivity contribution in [3.63, 3.8) is 0 Å². The molecule has 2 fully saturated rings. The SMILES string of the molecule is C=C1COC2CCN(C(=O)NCI)C[C@@]2(C)N1. The third-order valence-corrected chi connectivity index (χ3v) is 3.70. The van der Waals surface area contributed by atoms with E-state index in [0.29, 0.717) is 17.7 Å². The molecule has 2 amide bonds. The van der Waals surface area contributed by atoms with E-state index in [-0.39, 0.29) is 17.7 Å². The van der Waals surface area contributed by atoms with Crippen molar-refractivity contribution in [1.82, 2.24) is 15.5 Å². The van der Waals surface area contributed by atoms with Crippen molar-refractivity contribution in [2.75, 3.05) is 24.2 Å². The molecule has 2 aliphatic heterocycles. The van der Waals surface area contributed by atoms with Crippen LogP contribution < -0.4 is 10.6 Å². The lowest BCUT2D eigenvalue weighted by Gasteiger charge is -2.49. The van der Waals surface area contributed by atoms with Gasteiger partial charge in [-0.2, -0.15) is 0 Å². The van der Waals surface area contributed by atoms with Crippen LogP contribution in [0.25, 0.3) is 0 Å². The third kappa shape index (κ3) is 2.67. The van der Waals surface area contributed by atoms with Crippen LogP contribution in [-0.4, -0.2) is 46.8 Å². The van der Waals surface area contributed by atoms with Crippen molar-refractivity contribution in [3.8, 4) is 0 Å². The predicted octanol–water partition coefficient (Wildman–Crippen LogP) is 1.06. The minimum Gasteiger partial charge on any atom is -0.377 e. The second-order valence-electron chi connectivity index (χ2n) is 4.77. The van der Waals surface area contributed by atoms with Crippen molar-refractivity contribution in [2.24, 2.45) is 0 Å². The molecular weight excluding hydrogens is 333 g/mol. The lowest BCUT2D eigenvalue weighted by Crippen LogP contribution is -2.67. The molecule has 17 heavy (non-hydrogen) atoms. The number of likely N-dealkylation sites (tertiary alicyclic amines) is 1. The summed E-state index contributed by atoms with van der Waals surface area (Å²) in [5.41, 5.74) is 0.677. The molecule has 2 atom stereocenters. The highest BCUT2D eigenvalue weighted by Crippen LogP contribution is 2.28. The van der Waals surface area contributed by atoms with Crippen LogP contribution in [0, 0.1) is 0 Å². The molecule has 0 radical (unpaired) electrons. The van der Waals surface area contributed by atoms with Crippen LogP contribution in [0.1, 0.15) is 13.3 Å². The van der Waals surface area contributed by atoms with Crippen LogP contribution in [0.2, 0.25) is 0 Å². The van der Waals surface area contributed by atoms with E-state index >= 15 is 0 Å². The number of morpholine rings is 1. The van der Waals surface area contributed by atoms with E-state index in [1.165, 1.54) is 0 Å². The number of piperidine rings is 1. The Bertz CT molecular complexity index is 337. The molecule has 0 bridgehead atoms. The summed E-state index contributed by atoms with van der Waals surface area (Å²) in [5.74, 6) is 0. The van der Waals surface area contributed by atoms with Crippen LogP contribution in [-0.2, 0) is 4.74 Å². The first-order valence-corrected chi connectivity index (χ1v) is 7.24. The van der Waals surface area contributed by atoms with Gasteiger partial charge in [0, 0.05) is 18.8 Å². The van der Waals surface area contributed by atoms with Gasteiger partial charge in [0.1, 0.15) is 0 Å². The normalized spacial score (nSPS) is 32.7. The van der Waals surface area contributed by atoms with Gasteiger partial charge in [-0.15, -0.1) is 0 Å². The average Bonchev–Trinajstić information content (AvgIpc) is 2.27. The molecule has 2 saturated heterocycles. The van der Waals surface area contributed by atoms with Crippen molar-refractivity contribution in [3.05, 3.63) is 12.3 Å². The summed E-state index contributed by atoms with van der Waals surface area (Å²) in [4.78, 5) is 13.7. The summed E-state index contributed by atoms with van der Waals surface area (Å²) >= 11 is 2.13. The summed E-state index contributed by atoms with van der Waals surface area (Å²) in [6.07, 6.45) is 1.03. The van der Waals surface area contributed by atoms with E-state index in [1.807, 2.05) is 4.90 Å². The summed E-state index contributed by atoms with van der Waals surface area (Å²) in [5, 5.41) is 6.20. The molecule has 1 unspecified atom stereocenters. The van der Waals surface area contributed by atoms with Crippen LogP contribution in [0.5, 0.6) is 0 Å². The zero-order valence-corrected chi connectivity index (χ0v) is 12.1. The van der Waals surface area contributed by atoms with Gasteiger partial charge in [-0.3, -0.25) is 0 Å². The Kier molecular flexibility index (Phi) is 3.82. The van der Waals surface area contributed by atoms with E-state index < -0.39 is 0 Å². The Balaban J connectivity index is 2.04. The fourth-order valence-corrected chi connectivity index (χ4v) is 2.87. The monoisotopic (exact) mass is 351 g/mol. The number of hydrogen-bond donors (Lipinski definition) is 2. The largest absolute Gasteiger partial charge is 0.377 e. The number of fused-ring (bicyclic) bond motifs is 1. The number of nitrogens with one attached hydrogen (secondary N) is 2. The number of alkyl halides is 1. The Labute approximate surface area is 115 Å². The Morgan fingerprint density at radius 3 is 3.29 bits per heavy atom. The maximum absolute atomic E-state index is 11.8. The zero-order chi connectivity index (χ0) is 12.5. The molecule has 2 rings (SSSR count). The third-order valence-electron chi connectivity index (χ3n) is 3.32. The topological polar surface area (TPSA) is 53.6 Å². The van der Waals surface area contributed by atoms with Gasteiger partial charge in [0.05, 0.1) is 22.8 Å². The first-order chi connectivity index (χ1) is 8.05. The van der Waals surface area contributed by atoms with Gasteiger partial charge in [0.15, 0.2) is 0 Å². The lowest BCUT2D eigenvalue weighted by molar-refractivity contribution is -0.0606. The maximum Gasteiger partial charge on any atom is 0.318 e. The van der Waals surface area contributed by atoms with Gasteiger partial charge in [-0.05, 0) is 13.3 Å². The number of carbonyl (C=O) groups is 1. The summed E-state index contributed by atoms with van der Waals surface area (Å²) in [6, 6.07) is -0.00272. The molecule has 0 spiro atoms. The van der Waals surface area contributed by atoms with Gasteiger partial charge in [-0.25, -0.2) is 4.79 Å². The molecule has 2 heterocycles. The van der Waals surface area contributed by atoms with Gasteiger partial charge in [-0.1, -0.05) is 29.2 Å². The molecule has 6 heteroatoms. The number of amides is 2. The van der Waals surface area contributed by atoms with E-state index in [9.17, 15) is 4.79 Å². The van der Waals surface area contributed by atoms with Crippen molar-refractivity contribution in [1.29, 1.82) is 0 Å². The number of urea groups is 1. The molecule has 0 saturated carbocycles. The summed E-state index contributed by atoms with van der Waals surface area (Å²) in [7, 11) is 0. The Hall–Kier alpha value is -0.500. The predicted molar refractivity (Wildman–Crippen MR) is 74.0 cm³/mol. The van der Waals surface area contributed by atoms with E-state index in [0.717, 1.165) is 18.7 Å². The molecule has 2 N–H and O–H groups in total. The average molecular weight is 351 g/mol. The van der Waals surface area contributed by atoms with Crippen LogP contribution in [0.15, 0.2) is 12.3 Å². The molecule has 96 valence electrons. The van der Waals surface area contributed by atoms with Gasteiger partial charge < -0.3 is 20.3 Å². The molecule has 0 aromatic rings. The first-order valence-electron chi connectivity index (χ1n) is 5.71. The Morgan fingerprint density at radius 2 is 2.59 bits per heavy atom. The van der Waals surface area contributed by atoms with E-state index in [4.69, 9.17) is 4.74 Å². The van der Waals surface area contributed by atoms with Crippen LogP contribution in [0.3, 0.4) is 0 Å². The molecule has 0 aliphatic carbocycles. The number of carbonyl (C=O) groups excluding carboxylic acids is 1. The summed E-state index contributed by atoms with van der Waals surface area (Å²) in [6.45, 7) is 7.96. The molecular formula is C11H18IN3O2. The standard InChI is InChI=1S/C11H18IN3O2/c1-8-5-17-9-3-4-15(10(16)13-7-12)6-11(9,2)14-8/h9,14H,1,3-7H2,2H3,(H,13,16)/t9?,11-/m1/s1. The number of ether oxygens (including phenoxy) is 1. The Morgan fingerprint density at radius 1 is 1.82 bits per heavy atom. The number of hydrogen-bond acceptors (Lipinski definition) is 3. The molecule has 2 aliphatic rings. The molecule has 0 aromatic carbocycles. The highest BCUT2D eigenvalue weighted by Gasteiger charge is 2.44. The second-order valence-corrected chi connectivity index (χ2v) is 5.53. The molecule has 5 nitrogen and oxygen atoms in total. The minimum absolute atomic E-state index is 0.00272. The van der Waals surface area contributed by atoms with Gasteiger partial charge >= 0.3 is 6.03 Å². The van der Waals surface area contributed by atoms with Crippen LogP contribution in [0.4, 0.5) is 4.79 Å². The zero-order valence-electron chi connectivity index (χ0n) is 9.96. The first kappa shape index (κ1) is 12.9. The number of halogens is 1. The molecule has 0 aromatic heterocycles.